The Bertz CT molecular complexity index is 522. The van der Waals surface area contributed by atoms with Crippen LogP contribution in [0.25, 0.3) is 10.8 Å². The van der Waals surface area contributed by atoms with Gasteiger partial charge in [0.1, 0.15) is 0 Å². The lowest BCUT2D eigenvalue weighted by atomic mass is 10.1. The third-order valence-electron chi connectivity index (χ3n) is 2.31. The Balaban J connectivity index is 2.67. The lowest BCUT2D eigenvalue weighted by Crippen LogP contribution is -2.18. The molecule has 76 valence electrons. The molecule has 0 aromatic heterocycles. The van der Waals surface area contributed by atoms with Crippen molar-refractivity contribution in [2.24, 2.45) is 0 Å². The Hall–Kier alpha value is -1.10. The summed E-state index contributed by atoms with van der Waals surface area (Å²) < 4.78 is 0.977. The van der Waals surface area contributed by atoms with Crippen molar-refractivity contribution in [2.45, 2.75) is 0 Å². The Kier molecular flexibility index (Phi) is 2.90. The molecule has 0 saturated carbocycles. The van der Waals surface area contributed by atoms with Crippen molar-refractivity contribution in [1.82, 2.24) is 5.32 Å². The minimum Gasteiger partial charge on any atom is -0.355 e. The highest BCUT2D eigenvalue weighted by Crippen LogP contribution is 2.21. The van der Waals surface area contributed by atoms with Crippen molar-refractivity contribution in [3.8, 4) is 0 Å². The first-order valence-electron chi connectivity index (χ1n) is 4.63. The van der Waals surface area contributed by atoms with Crippen LogP contribution in [-0.4, -0.2) is 13.0 Å². The van der Waals surface area contributed by atoms with Gasteiger partial charge < -0.3 is 5.32 Å². The molecular weight excluding hydrogens is 301 g/mol. The Morgan fingerprint density at radius 3 is 2.40 bits per heavy atom. The molecule has 2 aromatic carbocycles. The van der Waals surface area contributed by atoms with E-state index in [4.69, 9.17) is 0 Å². The minimum atomic E-state index is -0.0369. The summed E-state index contributed by atoms with van der Waals surface area (Å²) in [6.07, 6.45) is 0. The van der Waals surface area contributed by atoms with Crippen molar-refractivity contribution in [3.63, 3.8) is 0 Å². The standard InChI is InChI=1S/C12H10INO/c1-14-12(15)10-6-8-4-2-3-5-9(8)7-11(10)13/h2-7H,1H3,(H,14,15). The fourth-order valence-corrected chi connectivity index (χ4v) is 2.26. The van der Waals surface area contributed by atoms with E-state index in [1.54, 1.807) is 7.05 Å². The van der Waals surface area contributed by atoms with Gasteiger partial charge in [-0.1, -0.05) is 24.3 Å². The molecule has 0 aliphatic heterocycles. The normalized spacial score (nSPS) is 10.3. The van der Waals surface area contributed by atoms with E-state index in [2.05, 4.69) is 27.9 Å². The van der Waals surface area contributed by atoms with Crippen LogP contribution in [0.3, 0.4) is 0 Å². The summed E-state index contributed by atoms with van der Waals surface area (Å²) in [5.41, 5.74) is 0.733. The van der Waals surface area contributed by atoms with Gasteiger partial charge in [-0.2, -0.15) is 0 Å². The number of rotatable bonds is 1. The second-order valence-electron chi connectivity index (χ2n) is 3.26. The second kappa shape index (κ2) is 4.18. The van der Waals surface area contributed by atoms with Crippen molar-refractivity contribution in [3.05, 3.63) is 45.5 Å². The number of halogens is 1. The van der Waals surface area contributed by atoms with E-state index in [0.29, 0.717) is 0 Å². The number of amides is 1. The van der Waals surface area contributed by atoms with Crippen LogP contribution >= 0.6 is 22.6 Å². The molecule has 15 heavy (non-hydrogen) atoms. The highest BCUT2D eigenvalue weighted by Gasteiger charge is 2.08. The minimum absolute atomic E-state index is 0.0369. The first kappa shape index (κ1) is 10.4. The summed E-state index contributed by atoms with van der Waals surface area (Å²) in [5.74, 6) is -0.0369. The predicted molar refractivity (Wildman–Crippen MR) is 70.1 cm³/mol. The smallest absolute Gasteiger partial charge is 0.252 e. The first-order valence-corrected chi connectivity index (χ1v) is 5.70. The van der Waals surface area contributed by atoms with E-state index >= 15 is 0 Å². The van der Waals surface area contributed by atoms with Crippen LogP contribution < -0.4 is 5.32 Å². The molecule has 0 spiro atoms. The van der Waals surface area contributed by atoms with Crippen LogP contribution in [0.2, 0.25) is 0 Å². The number of fused-ring (bicyclic) bond motifs is 1. The maximum Gasteiger partial charge on any atom is 0.252 e. The van der Waals surface area contributed by atoms with E-state index < -0.39 is 0 Å². The number of benzene rings is 2. The summed E-state index contributed by atoms with van der Waals surface area (Å²) in [5, 5.41) is 4.90. The molecule has 0 bridgehead atoms. The van der Waals surface area contributed by atoms with E-state index in [0.717, 1.165) is 19.9 Å². The Morgan fingerprint density at radius 2 is 1.80 bits per heavy atom. The fraction of sp³-hybridized carbons (Fsp3) is 0.0833. The lowest BCUT2D eigenvalue weighted by molar-refractivity contribution is 0.0962. The molecule has 2 rings (SSSR count). The van der Waals surface area contributed by atoms with Crippen LogP contribution in [0.15, 0.2) is 36.4 Å². The molecule has 3 heteroatoms. The predicted octanol–water partition coefficient (Wildman–Crippen LogP) is 2.80. The second-order valence-corrected chi connectivity index (χ2v) is 4.42. The van der Waals surface area contributed by atoms with Gasteiger partial charge in [0.15, 0.2) is 0 Å². The molecule has 0 aliphatic carbocycles. The molecular formula is C12H10INO. The van der Waals surface area contributed by atoms with E-state index in [9.17, 15) is 4.79 Å². The third kappa shape index (κ3) is 1.97. The van der Waals surface area contributed by atoms with Crippen LogP contribution in [0, 0.1) is 3.57 Å². The molecule has 0 aliphatic rings. The zero-order chi connectivity index (χ0) is 10.8. The summed E-state index contributed by atoms with van der Waals surface area (Å²) in [6.45, 7) is 0. The average molecular weight is 311 g/mol. The highest BCUT2D eigenvalue weighted by molar-refractivity contribution is 14.1. The summed E-state index contributed by atoms with van der Waals surface area (Å²) in [6, 6.07) is 12.0. The van der Waals surface area contributed by atoms with Gasteiger partial charge in [-0.15, -0.1) is 0 Å². The van der Waals surface area contributed by atoms with Crippen LogP contribution in [-0.2, 0) is 0 Å². The molecule has 0 radical (unpaired) electrons. The number of hydrogen-bond acceptors (Lipinski definition) is 1. The van der Waals surface area contributed by atoms with Gasteiger partial charge in [0.05, 0.1) is 5.56 Å². The molecule has 1 N–H and O–H groups in total. The van der Waals surface area contributed by atoms with Crippen molar-refractivity contribution < 1.29 is 4.79 Å². The number of carbonyl (C=O) groups is 1. The largest absolute Gasteiger partial charge is 0.355 e. The van der Waals surface area contributed by atoms with Gasteiger partial charge >= 0.3 is 0 Å². The molecule has 0 saturated heterocycles. The van der Waals surface area contributed by atoms with E-state index in [1.807, 2.05) is 36.4 Å². The molecule has 0 fully saturated rings. The molecule has 0 heterocycles. The van der Waals surface area contributed by atoms with Gasteiger partial charge in [0.2, 0.25) is 0 Å². The molecule has 0 atom stereocenters. The van der Waals surface area contributed by atoms with E-state index in [-0.39, 0.29) is 5.91 Å². The molecule has 0 unspecified atom stereocenters. The number of nitrogens with one attached hydrogen (secondary N) is 1. The maximum atomic E-state index is 11.6. The van der Waals surface area contributed by atoms with Gasteiger partial charge in [0.25, 0.3) is 5.91 Å². The van der Waals surface area contributed by atoms with Crippen LogP contribution in [0.1, 0.15) is 10.4 Å². The number of carbonyl (C=O) groups excluding carboxylic acids is 1. The number of hydrogen-bond donors (Lipinski definition) is 1. The SMILES string of the molecule is CNC(=O)c1cc2ccccc2cc1I. The van der Waals surface area contributed by atoms with Crippen molar-refractivity contribution in [1.29, 1.82) is 0 Å². The van der Waals surface area contributed by atoms with Crippen molar-refractivity contribution in [2.75, 3.05) is 7.05 Å². The quantitative estimate of drug-likeness (QED) is 0.806. The zero-order valence-corrected chi connectivity index (χ0v) is 10.4. The van der Waals surface area contributed by atoms with Crippen LogP contribution in [0.5, 0.6) is 0 Å². The highest BCUT2D eigenvalue weighted by atomic mass is 127. The van der Waals surface area contributed by atoms with Gasteiger partial charge in [-0.25, -0.2) is 0 Å². The van der Waals surface area contributed by atoms with Gasteiger partial charge in [0, 0.05) is 10.6 Å². The summed E-state index contributed by atoms with van der Waals surface area (Å²) in [4.78, 5) is 11.6. The Morgan fingerprint density at radius 1 is 1.20 bits per heavy atom. The maximum absolute atomic E-state index is 11.6. The van der Waals surface area contributed by atoms with E-state index in [1.165, 1.54) is 0 Å². The Labute approximate surface area is 102 Å². The lowest BCUT2D eigenvalue weighted by Gasteiger charge is -2.05. The fourth-order valence-electron chi connectivity index (χ4n) is 1.52. The van der Waals surface area contributed by atoms with Crippen molar-refractivity contribution >= 4 is 39.3 Å². The summed E-state index contributed by atoms with van der Waals surface area (Å²) in [7, 11) is 1.65. The topological polar surface area (TPSA) is 29.1 Å². The zero-order valence-electron chi connectivity index (χ0n) is 8.25. The summed E-state index contributed by atoms with van der Waals surface area (Å²) >= 11 is 2.19. The van der Waals surface area contributed by atoms with Crippen LogP contribution in [0.4, 0.5) is 0 Å². The van der Waals surface area contributed by atoms with Gasteiger partial charge in [-0.05, 0) is 45.5 Å². The monoisotopic (exact) mass is 311 g/mol. The molecule has 2 aromatic rings. The van der Waals surface area contributed by atoms with Gasteiger partial charge in [-0.3, -0.25) is 4.79 Å². The first-order chi connectivity index (χ1) is 7.22. The molecule has 2 nitrogen and oxygen atoms in total. The third-order valence-corrected chi connectivity index (χ3v) is 3.20. The average Bonchev–Trinajstić information content (AvgIpc) is 2.27. The molecule has 1 amide bonds.